The summed E-state index contributed by atoms with van der Waals surface area (Å²) in [4.78, 5) is 11.6. The summed E-state index contributed by atoms with van der Waals surface area (Å²) >= 11 is 0. The lowest BCUT2D eigenvalue weighted by Crippen LogP contribution is -2.49. The quantitative estimate of drug-likeness (QED) is 0.490. The van der Waals surface area contributed by atoms with Gasteiger partial charge in [0.15, 0.2) is 0 Å². The van der Waals surface area contributed by atoms with Crippen molar-refractivity contribution in [1.29, 1.82) is 0 Å². The molecule has 33 heavy (non-hydrogen) atoms. The number of fused-ring (bicyclic) bond motifs is 2. The van der Waals surface area contributed by atoms with Crippen LogP contribution >= 0.6 is 0 Å². The highest BCUT2D eigenvalue weighted by atomic mass is 32.2. The molecule has 3 heterocycles. The van der Waals surface area contributed by atoms with Crippen molar-refractivity contribution in [2.24, 2.45) is 0 Å². The Kier molecular flexibility index (Phi) is 6.20. The van der Waals surface area contributed by atoms with Crippen molar-refractivity contribution in [3.05, 3.63) is 41.9 Å². The Morgan fingerprint density at radius 1 is 1.03 bits per heavy atom. The van der Waals surface area contributed by atoms with Crippen LogP contribution in [-0.2, 0) is 22.9 Å². The standard InChI is InChI=1S/C23H30N6O3S/c1-2-3-16-32-18-8-10-19(11-9-18)33(30,31)28-14-12-27(13-15-28)22-20-6-4-5-7-21(20)26-23-24-17-25-29(22)23/h8-11,17H,2-7,12-16H2,1H3. The second kappa shape index (κ2) is 9.26. The van der Waals surface area contributed by atoms with Gasteiger partial charge in [-0.3, -0.25) is 0 Å². The summed E-state index contributed by atoms with van der Waals surface area (Å²) in [5.74, 6) is 2.34. The number of hydrogen-bond acceptors (Lipinski definition) is 7. The summed E-state index contributed by atoms with van der Waals surface area (Å²) < 4.78 is 35.5. The van der Waals surface area contributed by atoms with Gasteiger partial charge < -0.3 is 9.64 Å². The molecule has 1 aliphatic heterocycles. The minimum atomic E-state index is -3.55. The van der Waals surface area contributed by atoms with Crippen molar-refractivity contribution in [3.8, 4) is 5.75 Å². The molecule has 2 aromatic heterocycles. The number of aromatic nitrogens is 4. The molecule has 0 spiro atoms. The van der Waals surface area contributed by atoms with Crippen LogP contribution in [0.5, 0.6) is 5.75 Å². The predicted octanol–water partition coefficient (Wildman–Crippen LogP) is 2.69. The molecule has 0 atom stereocenters. The van der Waals surface area contributed by atoms with E-state index < -0.39 is 10.0 Å². The van der Waals surface area contributed by atoms with Crippen molar-refractivity contribution in [2.75, 3.05) is 37.7 Å². The van der Waals surface area contributed by atoms with Crippen LogP contribution in [0, 0.1) is 0 Å². The first-order chi connectivity index (χ1) is 16.1. The molecule has 1 aliphatic carbocycles. The second-order valence-electron chi connectivity index (χ2n) is 8.60. The lowest BCUT2D eigenvalue weighted by molar-refractivity contribution is 0.309. The average Bonchev–Trinajstić information content (AvgIpc) is 3.31. The molecule has 9 nitrogen and oxygen atoms in total. The molecule has 0 amide bonds. The van der Waals surface area contributed by atoms with Gasteiger partial charge in [-0.25, -0.2) is 13.4 Å². The van der Waals surface area contributed by atoms with Gasteiger partial charge in [-0.2, -0.15) is 18.9 Å². The molecule has 2 aliphatic rings. The zero-order valence-electron chi connectivity index (χ0n) is 19.0. The monoisotopic (exact) mass is 470 g/mol. The van der Waals surface area contributed by atoms with E-state index in [0.29, 0.717) is 49.2 Å². The third kappa shape index (κ3) is 4.29. The van der Waals surface area contributed by atoms with Crippen molar-refractivity contribution in [3.63, 3.8) is 0 Å². The number of sulfonamides is 1. The van der Waals surface area contributed by atoms with Crippen LogP contribution in [0.15, 0.2) is 35.5 Å². The molecule has 0 bridgehead atoms. The lowest BCUT2D eigenvalue weighted by Gasteiger charge is -2.36. The van der Waals surface area contributed by atoms with E-state index >= 15 is 0 Å². The Balaban J connectivity index is 1.32. The molecule has 0 saturated carbocycles. The Hall–Kier alpha value is -2.72. The van der Waals surface area contributed by atoms with Crippen LogP contribution in [0.3, 0.4) is 0 Å². The minimum absolute atomic E-state index is 0.304. The molecule has 10 heteroatoms. The molecule has 5 rings (SSSR count). The van der Waals surface area contributed by atoms with Crippen LogP contribution in [0.2, 0.25) is 0 Å². The number of unbranched alkanes of at least 4 members (excludes halogenated alkanes) is 1. The fourth-order valence-electron chi connectivity index (χ4n) is 4.62. The smallest absolute Gasteiger partial charge is 0.254 e. The molecule has 3 aromatic rings. The Labute approximate surface area is 194 Å². The van der Waals surface area contributed by atoms with Crippen LogP contribution in [0.25, 0.3) is 5.78 Å². The predicted molar refractivity (Wildman–Crippen MR) is 125 cm³/mol. The minimum Gasteiger partial charge on any atom is -0.494 e. The number of nitrogens with zero attached hydrogens (tertiary/aromatic N) is 6. The largest absolute Gasteiger partial charge is 0.494 e. The zero-order valence-corrected chi connectivity index (χ0v) is 19.8. The molecular weight excluding hydrogens is 440 g/mol. The van der Waals surface area contributed by atoms with Crippen molar-refractivity contribution in [1.82, 2.24) is 23.9 Å². The summed E-state index contributed by atoms with van der Waals surface area (Å²) in [7, 11) is -3.55. The van der Waals surface area contributed by atoms with Crippen LogP contribution in [-0.4, -0.2) is 65.1 Å². The normalized spacial score (nSPS) is 17.3. The van der Waals surface area contributed by atoms with E-state index in [-0.39, 0.29) is 0 Å². The fraction of sp³-hybridized carbons (Fsp3) is 0.522. The van der Waals surface area contributed by atoms with E-state index in [0.717, 1.165) is 50.0 Å². The molecule has 1 aromatic carbocycles. The lowest BCUT2D eigenvalue weighted by atomic mass is 9.96. The summed E-state index contributed by atoms with van der Waals surface area (Å²) in [6.07, 6.45) is 7.77. The van der Waals surface area contributed by atoms with Gasteiger partial charge in [0.05, 0.1) is 17.2 Å². The van der Waals surface area contributed by atoms with Gasteiger partial charge in [0.1, 0.15) is 17.9 Å². The highest BCUT2D eigenvalue weighted by Gasteiger charge is 2.31. The van der Waals surface area contributed by atoms with E-state index in [9.17, 15) is 8.42 Å². The van der Waals surface area contributed by atoms with Crippen molar-refractivity contribution >= 4 is 21.6 Å². The SMILES string of the molecule is CCCCOc1ccc(S(=O)(=O)N2CCN(c3c4c(nc5ncnn35)CCCC4)CC2)cc1. The van der Waals surface area contributed by atoms with Crippen LogP contribution in [0.4, 0.5) is 5.82 Å². The van der Waals surface area contributed by atoms with E-state index in [1.165, 1.54) is 11.9 Å². The van der Waals surface area contributed by atoms with Crippen LogP contribution in [0.1, 0.15) is 43.9 Å². The maximum Gasteiger partial charge on any atom is 0.254 e. The highest BCUT2D eigenvalue weighted by Crippen LogP contribution is 2.31. The molecule has 1 saturated heterocycles. The number of piperazine rings is 1. The van der Waals surface area contributed by atoms with Crippen molar-refractivity contribution in [2.45, 2.75) is 50.3 Å². The number of ether oxygens (including phenoxy) is 1. The first kappa shape index (κ1) is 22.1. The topological polar surface area (TPSA) is 92.9 Å². The van der Waals surface area contributed by atoms with Gasteiger partial charge in [0, 0.05) is 31.7 Å². The van der Waals surface area contributed by atoms with E-state index in [2.05, 4.69) is 21.9 Å². The van der Waals surface area contributed by atoms with E-state index in [4.69, 9.17) is 9.72 Å². The van der Waals surface area contributed by atoms with Gasteiger partial charge in [-0.15, -0.1) is 0 Å². The number of anilines is 1. The summed E-state index contributed by atoms with van der Waals surface area (Å²) in [6.45, 7) is 4.79. The molecule has 0 N–H and O–H groups in total. The summed E-state index contributed by atoms with van der Waals surface area (Å²) in [6, 6.07) is 6.76. The van der Waals surface area contributed by atoms with Crippen LogP contribution < -0.4 is 9.64 Å². The van der Waals surface area contributed by atoms with Gasteiger partial charge in [-0.1, -0.05) is 13.3 Å². The number of benzene rings is 1. The number of aryl methyl sites for hydroxylation is 1. The highest BCUT2D eigenvalue weighted by molar-refractivity contribution is 7.89. The zero-order chi connectivity index (χ0) is 22.8. The molecule has 1 fully saturated rings. The Morgan fingerprint density at radius 3 is 2.55 bits per heavy atom. The first-order valence-electron chi connectivity index (χ1n) is 11.8. The second-order valence-corrected chi connectivity index (χ2v) is 10.5. The van der Waals surface area contributed by atoms with Gasteiger partial charge >= 0.3 is 0 Å². The average molecular weight is 471 g/mol. The number of hydrogen-bond donors (Lipinski definition) is 0. The Bertz CT molecular complexity index is 1220. The molecular formula is C23H30N6O3S. The maximum atomic E-state index is 13.2. The third-order valence-electron chi connectivity index (χ3n) is 6.44. The fourth-order valence-corrected chi connectivity index (χ4v) is 6.04. The molecule has 0 unspecified atom stereocenters. The molecule has 0 radical (unpaired) electrons. The maximum absolute atomic E-state index is 13.2. The van der Waals surface area contributed by atoms with Gasteiger partial charge in [0.25, 0.3) is 5.78 Å². The Morgan fingerprint density at radius 2 is 1.79 bits per heavy atom. The van der Waals surface area contributed by atoms with Gasteiger partial charge in [0.2, 0.25) is 10.0 Å². The van der Waals surface area contributed by atoms with Crippen molar-refractivity contribution < 1.29 is 13.2 Å². The van der Waals surface area contributed by atoms with Gasteiger partial charge in [-0.05, 0) is 56.4 Å². The van der Waals surface area contributed by atoms with E-state index in [1.807, 2.05) is 4.52 Å². The van der Waals surface area contributed by atoms with E-state index in [1.54, 1.807) is 28.6 Å². The first-order valence-corrected chi connectivity index (χ1v) is 13.2. The third-order valence-corrected chi connectivity index (χ3v) is 8.35. The number of rotatable bonds is 7. The molecule has 176 valence electrons. The summed E-state index contributed by atoms with van der Waals surface area (Å²) in [5, 5.41) is 4.41. The summed E-state index contributed by atoms with van der Waals surface area (Å²) in [5.41, 5.74) is 2.34.